The van der Waals surface area contributed by atoms with Gasteiger partial charge in [-0.15, -0.1) is 0 Å². The second kappa shape index (κ2) is 7.22. The van der Waals surface area contributed by atoms with Crippen LogP contribution >= 0.6 is 0 Å². The maximum atomic E-state index is 10.3. The summed E-state index contributed by atoms with van der Waals surface area (Å²) in [4.78, 5) is 2.25. The van der Waals surface area contributed by atoms with Crippen LogP contribution in [-0.4, -0.2) is 23.6 Å². The number of aryl methyl sites for hydroxylation is 1. The number of nitrogens with zero attached hydrogens (tertiary/aromatic N) is 1. The molecular formula is C18H23NO. The van der Waals surface area contributed by atoms with E-state index < -0.39 is 0 Å². The van der Waals surface area contributed by atoms with Gasteiger partial charge in [-0.2, -0.15) is 0 Å². The third kappa shape index (κ3) is 4.19. The van der Waals surface area contributed by atoms with E-state index in [1.807, 2.05) is 37.3 Å². The molecule has 0 aliphatic carbocycles. The highest BCUT2D eigenvalue weighted by molar-refractivity contribution is 5.27. The van der Waals surface area contributed by atoms with E-state index >= 15 is 0 Å². The van der Waals surface area contributed by atoms with Crippen LogP contribution in [0.3, 0.4) is 0 Å². The Morgan fingerprint density at radius 1 is 1.00 bits per heavy atom. The van der Waals surface area contributed by atoms with E-state index in [0.29, 0.717) is 0 Å². The molecule has 1 unspecified atom stereocenters. The Balaban J connectivity index is 1.84. The molecule has 0 radical (unpaired) electrons. The van der Waals surface area contributed by atoms with Gasteiger partial charge in [0.1, 0.15) is 0 Å². The lowest BCUT2D eigenvalue weighted by Gasteiger charge is -2.20. The van der Waals surface area contributed by atoms with Gasteiger partial charge in [-0.1, -0.05) is 54.6 Å². The van der Waals surface area contributed by atoms with E-state index in [-0.39, 0.29) is 6.10 Å². The SMILES string of the molecule is Cc1ccccc1C(O)CCN(C)Cc1ccccc1. The van der Waals surface area contributed by atoms with Gasteiger partial charge in [-0.3, -0.25) is 0 Å². The van der Waals surface area contributed by atoms with Gasteiger partial charge in [0.2, 0.25) is 0 Å². The summed E-state index contributed by atoms with van der Waals surface area (Å²) in [5.41, 5.74) is 3.51. The van der Waals surface area contributed by atoms with Crippen LogP contribution in [0, 0.1) is 6.92 Å². The lowest BCUT2D eigenvalue weighted by Crippen LogP contribution is -2.21. The van der Waals surface area contributed by atoms with Gasteiger partial charge in [0.05, 0.1) is 6.10 Å². The van der Waals surface area contributed by atoms with Crippen molar-refractivity contribution >= 4 is 0 Å². The minimum Gasteiger partial charge on any atom is -0.388 e. The minimum atomic E-state index is -0.380. The van der Waals surface area contributed by atoms with Gasteiger partial charge in [-0.25, -0.2) is 0 Å². The van der Waals surface area contributed by atoms with E-state index in [1.165, 1.54) is 5.56 Å². The third-order valence-corrected chi connectivity index (χ3v) is 3.63. The average molecular weight is 269 g/mol. The van der Waals surface area contributed by atoms with Gasteiger partial charge >= 0.3 is 0 Å². The summed E-state index contributed by atoms with van der Waals surface area (Å²) in [6.45, 7) is 3.85. The summed E-state index contributed by atoms with van der Waals surface area (Å²) in [5, 5.41) is 10.3. The molecule has 0 aromatic heterocycles. The fourth-order valence-corrected chi connectivity index (χ4v) is 2.43. The Bertz CT molecular complexity index is 524. The van der Waals surface area contributed by atoms with Crippen LogP contribution in [0.25, 0.3) is 0 Å². The maximum Gasteiger partial charge on any atom is 0.0804 e. The smallest absolute Gasteiger partial charge is 0.0804 e. The van der Waals surface area contributed by atoms with Crippen molar-refractivity contribution in [3.05, 3.63) is 71.3 Å². The third-order valence-electron chi connectivity index (χ3n) is 3.63. The number of hydrogen-bond acceptors (Lipinski definition) is 2. The quantitative estimate of drug-likeness (QED) is 0.867. The first kappa shape index (κ1) is 14.8. The molecule has 0 saturated heterocycles. The minimum absolute atomic E-state index is 0.380. The average Bonchev–Trinajstić information content (AvgIpc) is 2.46. The fraction of sp³-hybridized carbons (Fsp3) is 0.333. The van der Waals surface area contributed by atoms with Crippen molar-refractivity contribution in [3.63, 3.8) is 0 Å². The van der Waals surface area contributed by atoms with Crippen LogP contribution in [0.2, 0.25) is 0 Å². The predicted octanol–water partition coefficient (Wildman–Crippen LogP) is 3.55. The highest BCUT2D eigenvalue weighted by Gasteiger charge is 2.11. The standard InChI is InChI=1S/C18H23NO/c1-15-8-6-7-11-17(15)18(20)12-13-19(2)14-16-9-4-3-5-10-16/h3-11,18,20H,12-14H2,1-2H3. The Hall–Kier alpha value is -1.64. The zero-order valence-electron chi connectivity index (χ0n) is 12.3. The van der Waals surface area contributed by atoms with Crippen molar-refractivity contribution in [3.8, 4) is 0 Å². The molecule has 2 nitrogen and oxygen atoms in total. The molecular weight excluding hydrogens is 246 g/mol. The molecule has 0 amide bonds. The van der Waals surface area contributed by atoms with Crippen LogP contribution < -0.4 is 0 Å². The van der Waals surface area contributed by atoms with Crippen molar-refractivity contribution in [2.75, 3.05) is 13.6 Å². The van der Waals surface area contributed by atoms with Crippen molar-refractivity contribution in [2.24, 2.45) is 0 Å². The molecule has 0 aliphatic rings. The molecule has 0 fully saturated rings. The van der Waals surface area contributed by atoms with Gasteiger partial charge in [0.15, 0.2) is 0 Å². The topological polar surface area (TPSA) is 23.5 Å². The molecule has 2 heteroatoms. The van der Waals surface area contributed by atoms with Gasteiger partial charge in [0, 0.05) is 13.1 Å². The molecule has 0 spiro atoms. The van der Waals surface area contributed by atoms with Crippen LogP contribution in [0.5, 0.6) is 0 Å². The summed E-state index contributed by atoms with van der Waals surface area (Å²) in [6, 6.07) is 18.5. The molecule has 1 atom stereocenters. The molecule has 2 rings (SSSR count). The first-order chi connectivity index (χ1) is 9.66. The molecule has 0 heterocycles. The highest BCUT2D eigenvalue weighted by atomic mass is 16.3. The molecule has 2 aromatic carbocycles. The van der Waals surface area contributed by atoms with Crippen molar-refractivity contribution in [1.82, 2.24) is 4.90 Å². The molecule has 106 valence electrons. The second-order valence-corrected chi connectivity index (χ2v) is 5.38. The lowest BCUT2D eigenvalue weighted by atomic mass is 10.0. The summed E-state index contributed by atoms with van der Waals surface area (Å²) in [6.07, 6.45) is 0.378. The molecule has 0 saturated carbocycles. The van der Waals surface area contributed by atoms with Crippen LogP contribution in [0.15, 0.2) is 54.6 Å². The van der Waals surface area contributed by atoms with Crippen molar-refractivity contribution in [2.45, 2.75) is 26.0 Å². The second-order valence-electron chi connectivity index (χ2n) is 5.38. The first-order valence-electron chi connectivity index (χ1n) is 7.13. The Labute approximate surface area is 121 Å². The molecule has 1 N–H and O–H groups in total. The zero-order valence-corrected chi connectivity index (χ0v) is 12.3. The predicted molar refractivity (Wildman–Crippen MR) is 83.5 cm³/mol. The summed E-state index contributed by atoms with van der Waals surface area (Å²) >= 11 is 0. The number of rotatable bonds is 6. The Morgan fingerprint density at radius 3 is 2.35 bits per heavy atom. The zero-order chi connectivity index (χ0) is 14.4. The summed E-state index contributed by atoms with van der Waals surface area (Å²) in [5.74, 6) is 0. The van der Waals surface area contributed by atoms with Gasteiger partial charge < -0.3 is 10.0 Å². The maximum absolute atomic E-state index is 10.3. The van der Waals surface area contributed by atoms with E-state index in [0.717, 1.165) is 30.6 Å². The van der Waals surface area contributed by atoms with E-state index in [1.54, 1.807) is 0 Å². The lowest BCUT2D eigenvalue weighted by molar-refractivity contribution is 0.147. The molecule has 20 heavy (non-hydrogen) atoms. The fourth-order valence-electron chi connectivity index (χ4n) is 2.43. The molecule has 0 aliphatic heterocycles. The van der Waals surface area contributed by atoms with E-state index in [9.17, 15) is 5.11 Å². The van der Waals surface area contributed by atoms with Crippen LogP contribution in [-0.2, 0) is 6.54 Å². The number of aliphatic hydroxyl groups excluding tert-OH is 1. The Kier molecular flexibility index (Phi) is 5.33. The van der Waals surface area contributed by atoms with Crippen molar-refractivity contribution in [1.29, 1.82) is 0 Å². The van der Waals surface area contributed by atoms with Crippen LogP contribution in [0.1, 0.15) is 29.2 Å². The molecule has 2 aromatic rings. The number of aliphatic hydroxyl groups is 1. The summed E-state index contributed by atoms with van der Waals surface area (Å²) in [7, 11) is 2.09. The highest BCUT2D eigenvalue weighted by Crippen LogP contribution is 2.20. The van der Waals surface area contributed by atoms with Gasteiger partial charge in [0.25, 0.3) is 0 Å². The number of hydrogen-bond donors (Lipinski definition) is 1. The monoisotopic (exact) mass is 269 g/mol. The van der Waals surface area contributed by atoms with E-state index in [4.69, 9.17) is 0 Å². The first-order valence-corrected chi connectivity index (χ1v) is 7.13. The van der Waals surface area contributed by atoms with Crippen molar-refractivity contribution < 1.29 is 5.11 Å². The Morgan fingerprint density at radius 2 is 1.65 bits per heavy atom. The molecule has 0 bridgehead atoms. The van der Waals surface area contributed by atoms with E-state index in [2.05, 4.69) is 36.2 Å². The number of benzene rings is 2. The largest absolute Gasteiger partial charge is 0.388 e. The summed E-state index contributed by atoms with van der Waals surface area (Å²) < 4.78 is 0. The normalized spacial score (nSPS) is 12.6. The van der Waals surface area contributed by atoms with Gasteiger partial charge in [-0.05, 0) is 37.1 Å². The van der Waals surface area contributed by atoms with Crippen LogP contribution in [0.4, 0.5) is 0 Å².